The average Bonchev–Trinajstić information content (AvgIpc) is 2.87. The van der Waals surface area contributed by atoms with Gasteiger partial charge in [0.1, 0.15) is 12.1 Å². The van der Waals surface area contributed by atoms with Gasteiger partial charge in [0.15, 0.2) is 0 Å². The zero-order valence-electron chi connectivity index (χ0n) is 15.7. The predicted octanol–water partition coefficient (Wildman–Crippen LogP) is 2.96. The zero-order valence-corrected chi connectivity index (χ0v) is 15.7. The summed E-state index contributed by atoms with van der Waals surface area (Å²) in [5.41, 5.74) is 2.36. The third-order valence-electron chi connectivity index (χ3n) is 4.85. The second-order valence-corrected chi connectivity index (χ2v) is 6.91. The molecule has 1 atom stereocenters. The molecule has 6 nitrogen and oxygen atoms in total. The number of imide groups is 1. The molecule has 1 fully saturated rings. The summed E-state index contributed by atoms with van der Waals surface area (Å²) in [6.07, 6.45) is 0.911. The van der Waals surface area contributed by atoms with E-state index in [1.165, 1.54) is 0 Å². The lowest BCUT2D eigenvalue weighted by molar-refractivity contribution is -0.133. The second kappa shape index (κ2) is 7.23. The van der Waals surface area contributed by atoms with Gasteiger partial charge in [-0.1, -0.05) is 48.9 Å². The summed E-state index contributed by atoms with van der Waals surface area (Å²) in [6.45, 7) is 5.32. The summed E-state index contributed by atoms with van der Waals surface area (Å²) in [5.74, 6) is -0.858. The fraction of sp³-hybridized carbons (Fsp3) is 0.286. The third-order valence-corrected chi connectivity index (χ3v) is 4.85. The Bertz CT molecular complexity index is 875. The number of amides is 4. The highest BCUT2D eigenvalue weighted by Gasteiger charge is 2.49. The van der Waals surface area contributed by atoms with E-state index in [1.54, 1.807) is 19.1 Å². The number of urea groups is 1. The maximum absolute atomic E-state index is 12.9. The van der Waals surface area contributed by atoms with Crippen LogP contribution in [0.3, 0.4) is 0 Å². The summed E-state index contributed by atoms with van der Waals surface area (Å²) in [4.78, 5) is 38.5. The summed E-state index contributed by atoms with van der Waals surface area (Å²) in [7, 11) is 0. The highest BCUT2D eigenvalue weighted by atomic mass is 16.2. The van der Waals surface area contributed by atoms with Crippen LogP contribution >= 0.6 is 0 Å². The lowest BCUT2D eigenvalue weighted by Gasteiger charge is -2.22. The fourth-order valence-electron chi connectivity index (χ4n) is 3.09. The first kappa shape index (κ1) is 18.6. The van der Waals surface area contributed by atoms with E-state index in [2.05, 4.69) is 17.6 Å². The van der Waals surface area contributed by atoms with Gasteiger partial charge < -0.3 is 10.6 Å². The molecule has 0 bridgehead atoms. The number of anilines is 1. The van der Waals surface area contributed by atoms with Crippen molar-refractivity contribution in [2.45, 2.75) is 32.7 Å². The molecule has 2 aromatic carbocycles. The Kier molecular flexibility index (Phi) is 4.99. The van der Waals surface area contributed by atoms with Gasteiger partial charge in [0.2, 0.25) is 5.91 Å². The average molecular weight is 365 g/mol. The highest BCUT2D eigenvalue weighted by molar-refractivity contribution is 6.10. The minimum atomic E-state index is -1.17. The third kappa shape index (κ3) is 3.69. The molecule has 2 N–H and O–H groups in total. The van der Waals surface area contributed by atoms with E-state index in [4.69, 9.17) is 0 Å². The fourth-order valence-corrected chi connectivity index (χ4v) is 3.09. The lowest BCUT2D eigenvalue weighted by Crippen LogP contribution is -2.42. The Morgan fingerprint density at radius 3 is 2.30 bits per heavy atom. The van der Waals surface area contributed by atoms with Gasteiger partial charge in [0, 0.05) is 5.69 Å². The molecular formula is C21H23N3O3. The van der Waals surface area contributed by atoms with Gasteiger partial charge in [0.05, 0.1) is 0 Å². The molecule has 4 amide bonds. The molecule has 1 saturated heterocycles. The first-order chi connectivity index (χ1) is 12.8. The number of benzene rings is 2. The van der Waals surface area contributed by atoms with Crippen LogP contribution < -0.4 is 10.6 Å². The Morgan fingerprint density at radius 2 is 1.70 bits per heavy atom. The first-order valence-corrected chi connectivity index (χ1v) is 8.93. The monoisotopic (exact) mass is 365 g/mol. The summed E-state index contributed by atoms with van der Waals surface area (Å²) < 4.78 is 0. The van der Waals surface area contributed by atoms with E-state index in [0.29, 0.717) is 11.3 Å². The number of aryl methyl sites for hydroxylation is 2. The van der Waals surface area contributed by atoms with Gasteiger partial charge in [-0.3, -0.25) is 14.5 Å². The van der Waals surface area contributed by atoms with Crippen molar-refractivity contribution in [1.29, 1.82) is 0 Å². The van der Waals surface area contributed by atoms with Gasteiger partial charge in [-0.15, -0.1) is 0 Å². The first-order valence-electron chi connectivity index (χ1n) is 8.93. The molecule has 0 aliphatic carbocycles. The van der Waals surface area contributed by atoms with Crippen LogP contribution in [-0.2, 0) is 21.5 Å². The molecule has 0 spiro atoms. The van der Waals surface area contributed by atoms with Crippen LogP contribution in [0.1, 0.15) is 30.5 Å². The van der Waals surface area contributed by atoms with Gasteiger partial charge in [-0.2, -0.15) is 0 Å². The van der Waals surface area contributed by atoms with Crippen molar-refractivity contribution in [2.75, 3.05) is 11.9 Å². The van der Waals surface area contributed by atoms with E-state index < -0.39 is 23.4 Å². The normalized spacial score (nSPS) is 19.1. The Morgan fingerprint density at radius 1 is 1.07 bits per heavy atom. The smallest absolute Gasteiger partial charge is 0.325 e. The number of nitrogens with zero attached hydrogens (tertiary/aromatic N) is 1. The van der Waals surface area contributed by atoms with Gasteiger partial charge in [-0.05, 0) is 43.5 Å². The molecule has 1 heterocycles. The Hall–Kier alpha value is -3.15. The van der Waals surface area contributed by atoms with Crippen molar-refractivity contribution >= 4 is 23.5 Å². The molecule has 6 heteroatoms. The van der Waals surface area contributed by atoms with Crippen LogP contribution in [0, 0.1) is 6.92 Å². The highest BCUT2D eigenvalue weighted by Crippen LogP contribution is 2.29. The molecule has 2 aromatic rings. The van der Waals surface area contributed by atoms with Crippen molar-refractivity contribution in [1.82, 2.24) is 10.2 Å². The molecule has 1 aliphatic heterocycles. The Labute approximate surface area is 158 Å². The van der Waals surface area contributed by atoms with Crippen molar-refractivity contribution in [3.8, 4) is 0 Å². The SMILES string of the molecule is CCc1ccc(NC(=O)CN2C(=O)NC(C)(c3ccc(C)cc3)C2=O)cc1. The van der Waals surface area contributed by atoms with Gasteiger partial charge in [-0.25, -0.2) is 4.79 Å². The maximum Gasteiger partial charge on any atom is 0.325 e. The number of carbonyl (C=O) groups excluding carboxylic acids is 3. The van der Waals surface area contributed by atoms with E-state index in [1.807, 2.05) is 43.3 Å². The zero-order chi connectivity index (χ0) is 19.6. The predicted molar refractivity (Wildman–Crippen MR) is 103 cm³/mol. The molecule has 3 rings (SSSR count). The second-order valence-electron chi connectivity index (χ2n) is 6.91. The topological polar surface area (TPSA) is 78.5 Å². The van der Waals surface area contributed by atoms with Crippen LogP contribution in [0.15, 0.2) is 48.5 Å². The number of nitrogens with one attached hydrogen (secondary N) is 2. The maximum atomic E-state index is 12.9. The minimum Gasteiger partial charge on any atom is -0.325 e. The minimum absolute atomic E-state index is 0.332. The van der Waals surface area contributed by atoms with Crippen molar-refractivity contribution in [3.05, 3.63) is 65.2 Å². The van der Waals surface area contributed by atoms with Crippen LogP contribution in [0.25, 0.3) is 0 Å². The number of hydrogen-bond donors (Lipinski definition) is 2. The van der Waals surface area contributed by atoms with Crippen molar-refractivity contribution in [3.63, 3.8) is 0 Å². The summed E-state index contributed by atoms with van der Waals surface area (Å²) in [6, 6.07) is 14.3. The molecular weight excluding hydrogens is 342 g/mol. The number of carbonyl (C=O) groups is 3. The Balaban J connectivity index is 1.71. The lowest BCUT2D eigenvalue weighted by atomic mass is 9.91. The van der Waals surface area contributed by atoms with Crippen LogP contribution in [-0.4, -0.2) is 29.3 Å². The van der Waals surface area contributed by atoms with Crippen LogP contribution in [0.2, 0.25) is 0 Å². The molecule has 27 heavy (non-hydrogen) atoms. The summed E-state index contributed by atoms with van der Waals surface area (Å²) in [5, 5.41) is 5.43. The number of hydrogen-bond acceptors (Lipinski definition) is 3. The van der Waals surface area contributed by atoms with E-state index in [0.717, 1.165) is 22.4 Å². The molecule has 1 unspecified atom stereocenters. The quantitative estimate of drug-likeness (QED) is 0.800. The van der Waals surface area contributed by atoms with Crippen LogP contribution in [0.4, 0.5) is 10.5 Å². The van der Waals surface area contributed by atoms with E-state index in [-0.39, 0.29) is 6.54 Å². The van der Waals surface area contributed by atoms with Gasteiger partial charge in [0.25, 0.3) is 5.91 Å². The largest absolute Gasteiger partial charge is 0.325 e. The standard InChI is InChI=1S/C21H23N3O3/c1-4-15-7-11-17(12-8-15)22-18(25)13-24-19(26)21(3,23-20(24)27)16-9-5-14(2)6-10-16/h5-12H,4,13H2,1-3H3,(H,22,25)(H,23,27). The van der Waals surface area contributed by atoms with E-state index in [9.17, 15) is 14.4 Å². The van der Waals surface area contributed by atoms with E-state index >= 15 is 0 Å². The summed E-state index contributed by atoms with van der Waals surface area (Å²) >= 11 is 0. The van der Waals surface area contributed by atoms with Crippen LogP contribution in [0.5, 0.6) is 0 Å². The van der Waals surface area contributed by atoms with Gasteiger partial charge >= 0.3 is 6.03 Å². The molecule has 0 aromatic heterocycles. The number of rotatable bonds is 5. The van der Waals surface area contributed by atoms with Crippen molar-refractivity contribution in [2.24, 2.45) is 0 Å². The molecule has 0 saturated carbocycles. The molecule has 140 valence electrons. The van der Waals surface area contributed by atoms with Crippen molar-refractivity contribution < 1.29 is 14.4 Å². The molecule has 1 aliphatic rings. The molecule has 0 radical (unpaired) electrons.